The second kappa shape index (κ2) is 7.31. The van der Waals surface area contributed by atoms with Crippen LogP contribution in [0.2, 0.25) is 0 Å². The van der Waals surface area contributed by atoms with Crippen LogP contribution in [-0.2, 0) is 0 Å². The van der Waals surface area contributed by atoms with Gasteiger partial charge in [0, 0.05) is 0 Å². The SMILES string of the molecule is CCNCCP(c1ccccc1)c1ccccc1. The summed E-state index contributed by atoms with van der Waals surface area (Å²) in [5, 5.41) is 6.37. The molecule has 0 radical (unpaired) electrons. The quantitative estimate of drug-likeness (QED) is 0.620. The lowest BCUT2D eigenvalue weighted by atomic mass is 10.4. The zero-order valence-corrected chi connectivity index (χ0v) is 11.7. The van der Waals surface area contributed by atoms with Crippen molar-refractivity contribution < 1.29 is 0 Å². The number of rotatable bonds is 6. The summed E-state index contributed by atoms with van der Waals surface area (Å²) in [6.45, 7) is 4.30. The average Bonchev–Trinajstić information content (AvgIpc) is 2.46. The second-order valence-corrected chi connectivity index (χ2v) is 6.51. The smallest absolute Gasteiger partial charge is 0.000358 e. The molecule has 2 heteroatoms. The fourth-order valence-electron chi connectivity index (χ4n) is 1.99. The first kappa shape index (κ1) is 13.3. The molecule has 0 saturated heterocycles. The van der Waals surface area contributed by atoms with E-state index in [9.17, 15) is 0 Å². The Hall–Kier alpha value is -1.17. The summed E-state index contributed by atoms with van der Waals surface area (Å²) in [7, 11) is -0.225. The highest BCUT2D eigenvalue weighted by Crippen LogP contribution is 2.32. The lowest BCUT2D eigenvalue weighted by molar-refractivity contribution is 0.767. The van der Waals surface area contributed by atoms with Gasteiger partial charge in [0.2, 0.25) is 0 Å². The van der Waals surface area contributed by atoms with Gasteiger partial charge < -0.3 is 5.32 Å². The second-order valence-electron chi connectivity index (χ2n) is 4.18. The van der Waals surface area contributed by atoms with Gasteiger partial charge in [-0.1, -0.05) is 67.6 Å². The minimum atomic E-state index is -0.225. The minimum Gasteiger partial charge on any atom is -0.317 e. The zero-order valence-electron chi connectivity index (χ0n) is 10.8. The topological polar surface area (TPSA) is 12.0 Å². The van der Waals surface area contributed by atoms with Crippen molar-refractivity contribution in [1.82, 2.24) is 5.32 Å². The summed E-state index contributed by atoms with van der Waals surface area (Å²) in [6, 6.07) is 21.8. The minimum absolute atomic E-state index is 0.225. The molecule has 0 atom stereocenters. The van der Waals surface area contributed by atoms with E-state index in [1.807, 2.05) is 0 Å². The molecule has 2 aromatic rings. The summed E-state index contributed by atoms with van der Waals surface area (Å²) in [4.78, 5) is 0. The molecule has 0 aromatic heterocycles. The van der Waals surface area contributed by atoms with Crippen LogP contribution >= 0.6 is 7.92 Å². The maximum absolute atomic E-state index is 3.43. The van der Waals surface area contributed by atoms with Gasteiger partial charge in [-0.2, -0.15) is 0 Å². The largest absolute Gasteiger partial charge is 0.317 e. The fraction of sp³-hybridized carbons (Fsp3) is 0.250. The maximum atomic E-state index is 3.43. The van der Waals surface area contributed by atoms with E-state index in [1.165, 1.54) is 16.8 Å². The Morgan fingerprint density at radius 3 is 1.78 bits per heavy atom. The normalized spacial score (nSPS) is 10.8. The van der Waals surface area contributed by atoms with Crippen molar-refractivity contribution in [1.29, 1.82) is 0 Å². The summed E-state index contributed by atoms with van der Waals surface area (Å²) in [5.41, 5.74) is 0. The summed E-state index contributed by atoms with van der Waals surface area (Å²) >= 11 is 0. The zero-order chi connectivity index (χ0) is 12.6. The molecule has 1 N–H and O–H groups in total. The van der Waals surface area contributed by atoms with Crippen molar-refractivity contribution in [2.24, 2.45) is 0 Å². The molecule has 0 spiro atoms. The number of hydrogen-bond donors (Lipinski definition) is 1. The molecule has 0 aliphatic rings. The first-order chi connectivity index (χ1) is 8.92. The van der Waals surface area contributed by atoms with Crippen molar-refractivity contribution in [3.8, 4) is 0 Å². The molecule has 0 aliphatic heterocycles. The van der Waals surface area contributed by atoms with Crippen molar-refractivity contribution in [3.63, 3.8) is 0 Å². The Bertz CT molecular complexity index is 402. The third-order valence-electron chi connectivity index (χ3n) is 2.90. The van der Waals surface area contributed by atoms with Crippen molar-refractivity contribution >= 4 is 18.5 Å². The van der Waals surface area contributed by atoms with E-state index in [1.54, 1.807) is 0 Å². The highest BCUT2D eigenvalue weighted by Gasteiger charge is 2.12. The van der Waals surface area contributed by atoms with Gasteiger partial charge in [-0.25, -0.2) is 0 Å². The first-order valence-electron chi connectivity index (χ1n) is 6.50. The third kappa shape index (κ3) is 3.66. The van der Waals surface area contributed by atoms with Gasteiger partial charge in [0.05, 0.1) is 0 Å². The van der Waals surface area contributed by atoms with Gasteiger partial charge >= 0.3 is 0 Å². The van der Waals surface area contributed by atoms with Gasteiger partial charge in [0.25, 0.3) is 0 Å². The van der Waals surface area contributed by atoms with Gasteiger partial charge in [0.15, 0.2) is 0 Å². The van der Waals surface area contributed by atoms with E-state index < -0.39 is 0 Å². The highest BCUT2D eigenvalue weighted by atomic mass is 31.1. The van der Waals surface area contributed by atoms with Crippen LogP contribution in [0.4, 0.5) is 0 Å². The number of hydrogen-bond acceptors (Lipinski definition) is 1. The molecule has 2 rings (SSSR count). The lowest BCUT2D eigenvalue weighted by Crippen LogP contribution is -2.22. The van der Waals surface area contributed by atoms with Gasteiger partial charge in [0.1, 0.15) is 0 Å². The third-order valence-corrected chi connectivity index (χ3v) is 5.41. The molecule has 0 unspecified atom stereocenters. The van der Waals surface area contributed by atoms with Crippen LogP contribution in [0.15, 0.2) is 60.7 Å². The van der Waals surface area contributed by atoms with Crippen LogP contribution in [-0.4, -0.2) is 19.3 Å². The monoisotopic (exact) mass is 257 g/mol. The average molecular weight is 257 g/mol. The molecule has 0 bridgehead atoms. The number of nitrogens with one attached hydrogen (secondary N) is 1. The molecular formula is C16H20NP. The highest BCUT2D eigenvalue weighted by molar-refractivity contribution is 7.73. The van der Waals surface area contributed by atoms with E-state index in [2.05, 4.69) is 72.9 Å². The number of benzene rings is 2. The Morgan fingerprint density at radius 1 is 0.833 bits per heavy atom. The van der Waals surface area contributed by atoms with Gasteiger partial charge in [-0.3, -0.25) is 0 Å². The summed E-state index contributed by atoms with van der Waals surface area (Å²) in [6.07, 6.45) is 1.21. The van der Waals surface area contributed by atoms with E-state index >= 15 is 0 Å². The summed E-state index contributed by atoms with van der Waals surface area (Å²) < 4.78 is 0. The molecule has 1 nitrogen and oxygen atoms in total. The van der Waals surface area contributed by atoms with Crippen LogP contribution in [0.5, 0.6) is 0 Å². The molecule has 0 heterocycles. The molecule has 0 aliphatic carbocycles. The maximum Gasteiger partial charge on any atom is -0.000358 e. The molecular weight excluding hydrogens is 237 g/mol. The molecule has 0 amide bonds. The lowest BCUT2D eigenvalue weighted by Gasteiger charge is -2.18. The van der Waals surface area contributed by atoms with E-state index in [4.69, 9.17) is 0 Å². The Morgan fingerprint density at radius 2 is 1.33 bits per heavy atom. The molecule has 18 heavy (non-hydrogen) atoms. The van der Waals surface area contributed by atoms with Crippen LogP contribution in [0.3, 0.4) is 0 Å². The summed E-state index contributed by atoms with van der Waals surface area (Å²) in [5.74, 6) is 0. The van der Waals surface area contributed by atoms with Crippen molar-refractivity contribution in [2.45, 2.75) is 6.92 Å². The van der Waals surface area contributed by atoms with Crippen LogP contribution in [0, 0.1) is 0 Å². The van der Waals surface area contributed by atoms with Crippen LogP contribution < -0.4 is 15.9 Å². The first-order valence-corrected chi connectivity index (χ1v) is 8.03. The predicted octanol–water partition coefficient (Wildman–Crippen LogP) is 2.73. The fourth-order valence-corrected chi connectivity index (χ4v) is 4.25. The van der Waals surface area contributed by atoms with Gasteiger partial charge in [-0.05, 0) is 37.8 Å². The van der Waals surface area contributed by atoms with E-state index in [0.29, 0.717) is 0 Å². The van der Waals surface area contributed by atoms with Crippen LogP contribution in [0.25, 0.3) is 0 Å². The van der Waals surface area contributed by atoms with E-state index in [0.717, 1.165) is 13.1 Å². The Labute approximate surface area is 111 Å². The van der Waals surface area contributed by atoms with Crippen LogP contribution in [0.1, 0.15) is 6.92 Å². The van der Waals surface area contributed by atoms with E-state index in [-0.39, 0.29) is 7.92 Å². The molecule has 94 valence electrons. The van der Waals surface area contributed by atoms with Crippen molar-refractivity contribution in [2.75, 3.05) is 19.3 Å². The molecule has 0 saturated carbocycles. The van der Waals surface area contributed by atoms with Crippen molar-refractivity contribution in [3.05, 3.63) is 60.7 Å². The van der Waals surface area contributed by atoms with Gasteiger partial charge in [-0.15, -0.1) is 0 Å². The standard InChI is InChI=1S/C16H20NP/c1-2-17-13-14-18(15-9-5-3-6-10-15)16-11-7-4-8-12-16/h3-12,17H,2,13-14H2,1H3. The Kier molecular flexibility index (Phi) is 5.38. The molecule has 0 fully saturated rings. The molecule has 2 aromatic carbocycles. The predicted molar refractivity (Wildman–Crippen MR) is 82.5 cm³/mol. The Balaban J connectivity index is 2.18.